The summed E-state index contributed by atoms with van der Waals surface area (Å²) in [5, 5.41) is 3.58. The maximum atomic E-state index is 13.7. The van der Waals surface area contributed by atoms with Crippen LogP contribution in [0.2, 0.25) is 0 Å². The molecule has 0 saturated heterocycles. The van der Waals surface area contributed by atoms with Gasteiger partial charge in [-0.25, -0.2) is 0 Å². The minimum atomic E-state index is 0.0515. The molecule has 5 aliphatic rings. The standard InChI is InChI=1S/C27H31NO/c1-26(2)16-12-13-27(26,3)23(14-16)28-25(29)22-15-21-17-8-4-6-10-19(17)24(22)20-11-7-5-9-18(20)21/h4-11,16,21-24H,12-15H2,1-3H3,(H,28,29)/t16-,21?,22+,23-,24?,27+/m0/s1. The van der Waals surface area contributed by atoms with Gasteiger partial charge in [0.25, 0.3) is 0 Å². The molecule has 2 fully saturated rings. The molecule has 0 heterocycles. The maximum Gasteiger partial charge on any atom is 0.224 e. The van der Waals surface area contributed by atoms with Gasteiger partial charge in [-0.1, -0.05) is 69.3 Å². The normalized spacial score (nSPS) is 37.8. The first kappa shape index (κ1) is 17.7. The first-order valence-electron chi connectivity index (χ1n) is 11.4. The van der Waals surface area contributed by atoms with Gasteiger partial charge in [0, 0.05) is 23.8 Å². The molecule has 150 valence electrons. The highest BCUT2D eigenvalue weighted by molar-refractivity contribution is 5.83. The molecule has 4 atom stereocenters. The second kappa shape index (κ2) is 5.74. The van der Waals surface area contributed by atoms with Crippen molar-refractivity contribution in [2.24, 2.45) is 22.7 Å². The molecule has 0 radical (unpaired) electrons. The van der Waals surface area contributed by atoms with Crippen LogP contribution in [-0.4, -0.2) is 11.9 Å². The third-order valence-electron chi connectivity index (χ3n) is 9.75. The lowest BCUT2D eigenvalue weighted by atomic mass is 9.59. The third-order valence-corrected chi connectivity index (χ3v) is 9.75. The molecule has 5 aliphatic carbocycles. The zero-order valence-corrected chi connectivity index (χ0v) is 17.7. The molecule has 7 rings (SSSR count). The lowest BCUT2D eigenvalue weighted by molar-refractivity contribution is -0.128. The Morgan fingerprint density at radius 2 is 1.48 bits per heavy atom. The van der Waals surface area contributed by atoms with Crippen molar-refractivity contribution in [1.82, 2.24) is 5.32 Å². The molecule has 2 heteroatoms. The van der Waals surface area contributed by atoms with E-state index in [9.17, 15) is 4.79 Å². The monoisotopic (exact) mass is 385 g/mol. The molecule has 29 heavy (non-hydrogen) atoms. The smallest absolute Gasteiger partial charge is 0.224 e. The van der Waals surface area contributed by atoms with E-state index in [1.165, 1.54) is 35.1 Å². The van der Waals surface area contributed by atoms with E-state index in [2.05, 4.69) is 74.6 Å². The molecule has 2 aromatic rings. The van der Waals surface area contributed by atoms with Crippen molar-refractivity contribution in [2.45, 2.75) is 64.3 Å². The van der Waals surface area contributed by atoms with Crippen molar-refractivity contribution in [3.8, 4) is 0 Å². The van der Waals surface area contributed by atoms with Gasteiger partial charge in [-0.05, 0) is 64.7 Å². The topological polar surface area (TPSA) is 29.1 Å². The molecule has 4 bridgehead atoms. The van der Waals surface area contributed by atoms with Crippen LogP contribution in [0.5, 0.6) is 0 Å². The van der Waals surface area contributed by atoms with Gasteiger partial charge in [0.05, 0.1) is 0 Å². The number of hydrogen-bond acceptors (Lipinski definition) is 1. The summed E-state index contributed by atoms with van der Waals surface area (Å²) in [7, 11) is 0. The summed E-state index contributed by atoms with van der Waals surface area (Å²) in [5.41, 5.74) is 6.19. The van der Waals surface area contributed by atoms with Crippen LogP contribution in [-0.2, 0) is 4.79 Å². The van der Waals surface area contributed by atoms with Crippen molar-refractivity contribution < 1.29 is 4.79 Å². The van der Waals surface area contributed by atoms with Crippen LogP contribution < -0.4 is 5.32 Å². The fraction of sp³-hybridized carbons (Fsp3) is 0.519. The van der Waals surface area contributed by atoms with Crippen LogP contribution >= 0.6 is 0 Å². The highest BCUT2D eigenvalue weighted by atomic mass is 16.2. The molecule has 1 N–H and O–H groups in total. The van der Waals surface area contributed by atoms with Gasteiger partial charge < -0.3 is 5.32 Å². The van der Waals surface area contributed by atoms with Gasteiger partial charge in [-0.3, -0.25) is 4.79 Å². The molecule has 0 unspecified atom stereocenters. The van der Waals surface area contributed by atoms with Crippen LogP contribution in [0.15, 0.2) is 48.5 Å². The molecule has 1 amide bonds. The van der Waals surface area contributed by atoms with E-state index in [0.717, 1.165) is 18.8 Å². The van der Waals surface area contributed by atoms with E-state index < -0.39 is 0 Å². The first-order valence-corrected chi connectivity index (χ1v) is 11.4. The predicted molar refractivity (Wildman–Crippen MR) is 116 cm³/mol. The Labute approximate surface area is 174 Å². The zero-order chi connectivity index (χ0) is 20.0. The Balaban J connectivity index is 1.34. The largest absolute Gasteiger partial charge is 0.353 e. The Kier molecular flexibility index (Phi) is 3.51. The van der Waals surface area contributed by atoms with E-state index in [1.807, 2.05) is 0 Å². The first-order chi connectivity index (χ1) is 13.9. The summed E-state index contributed by atoms with van der Waals surface area (Å²) in [5.74, 6) is 1.65. The number of fused-ring (bicyclic) bond motifs is 3. The van der Waals surface area contributed by atoms with Crippen LogP contribution in [0.3, 0.4) is 0 Å². The molecule has 2 aromatic carbocycles. The quantitative estimate of drug-likeness (QED) is 0.715. The van der Waals surface area contributed by atoms with Gasteiger partial charge >= 0.3 is 0 Å². The van der Waals surface area contributed by atoms with Crippen LogP contribution in [0.4, 0.5) is 0 Å². The Morgan fingerprint density at radius 3 is 2.00 bits per heavy atom. The molecule has 0 spiro atoms. The summed E-state index contributed by atoms with van der Waals surface area (Å²) in [6, 6.07) is 18.0. The molecular weight excluding hydrogens is 354 g/mol. The molecule has 0 aromatic heterocycles. The van der Waals surface area contributed by atoms with Gasteiger partial charge in [0.15, 0.2) is 0 Å². The van der Waals surface area contributed by atoms with Gasteiger partial charge in [0.2, 0.25) is 5.91 Å². The van der Waals surface area contributed by atoms with Crippen molar-refractivity contribution in [1.29, 1.82) is 0 Å². The van der Waals surface area contributed by atoms with Gasteiger partial charge in [-0.2, -0.15) is 0 Å². The zero-order valence-electron chi connectivity index (χ0n) is 17.7. The predicted octanol–water partition coefficient (Wildman–Crippen LogP) is 5.61. The number of nitrogens with one attached hydrogen (secondary N) is 1. The molecule has 2 saturated carbocycles. The molecule has 0 aliphatic heterocycles. The lowest BCUT2D eigenvalue weighted by Crippen LogP contribution is -2.50. The fourth-order valence-electron chi connectivity index (χ4n) is 7.59. The Hall–Kier alpha value is -2.09. The van der Waals surface area contributed by atoms with Crippen molar-refractivity contribution >= 4 is 5.91 Å². The van der Waals surface area contributed by atoms with Crippen molar-refractivity contribution in [3.05, 3.63) is 70.8 Å². The average Bonchev–Trinajstić information content (AvgIpc) is 3.07. The highest BCUT2D eigenvalue weighted by Gasteiger charge is 2.62. The summed E-state index contributed by atoms with van der Waals surface area (Å²) >= 11 is 0. The SMILES string of the molecule is CC1(C)[C@H]2CC[C@]1(C)[C@@H](NC(=O)[C@@H]1CC3c4ccccc4C1c1ccccc13)C2. The summed E-state index contributed by atoms with van der Waals surface area (Å²) in [4.78, 5) is 13.7. The van der Waals surface area contributed by atoms with E-state index in [1.54, 1.807) is 0 Å². The second-order valence-corrected chi connectivity index (χ2v) is 10.8. The van der Waals surface area contributed by atoms with Crippen LogP contribution in [0.1, 0.15) is 80.5 Å². The van der Waals surface area contributed by atoms with E-state index in [-0.39, 0.29) is 17.3 Å². The van der Waals surface area contributed by atoms with Crippen LogP contribution in [0.25, 0.3) is 0 Å². The number of carbonyl (C=O) groups is 1. The minimum absolute atomic E-state index is 0.0515. The molecular formula is C27H31NO. The second-order valence-electron chi connectivity index (χ2n) is 10.8. The third kappa shape index (κ3) is 2.15. The van der Waals surface area contributed by atoms with E-state index in [4.69, 9.17) is 0 Å². The van der Waals surface area contributed by atoms with Gasteiger partial charge in [-0.15, -0.1) is 0 Å². The van der Waals surface area contributed by atoms with Gasteiger partial charge in [0.1, 0.15) is 0 Å². The van der Waals surface area contributed by atoms with E-state index >= 15 is 0 Å². The van der Waals surface area contributed by atoms with Crippen LogP contribution in [0, 0.1) is 22.7 Å². The Bertz CT molecular complexity index is 960. The minimum Gasteiger partial charge on any atom is -0.353 e. The summed E-state index contributed by atoms with van der Waals surface area (Å²) in [6.07, 6.45) is 4.67. The number of hydrogen-bond donors (Lipinski definition) is 1. The number of carbonyl (C=O) groups excluding carboxylic acids is 1. The highest BCUT2D eigenvalue weighted by Crippen LogP contribution is 2.65. The summed E-state index contributed by atoms with van der Waals surface area (Å²) < 4.78 is 0. The number of rotatable bonds is 2. The van der Waals surface area contributed by atoms with Crippen molar-refractivity contribution in [3.63, 3.8) is 0 Å². The van der Waals surface area contributed by atoms with E-state index in [0.29, 0.717) is 23.3 Å². The van der Waals surface area contributed by atoms with Crippen molar-refractivity contribution in [2.75, 3.05) is 0 Å². The Morgan fingerprint density at radius 1 is 0.897 bits per heavy atom. The number of amides is 1. The summed E-state index contributed by atoms with van der Waals surface area (Å²) in [6.45, 7) is 7.26. The molecule has 2 nitrogen and oxygen atoms in total. The fourth-order valence-corrected chi connectivity index (χ4v) is 7.59. The maximum absolute atomic E-state index is 13.7. The lowest BCUT2D eigenvalue weighted by Gasteiger charge is -2.46. The number of benzene rings is 2. The average molecular weight is 386 g/mol.